The predicted octanol–water partition coefficient (Wildman–Crippen LogP) is 0.357. The SMILES string of the molecule is Cc1ccc(C(N)C(=O)NCC2CN(C)CCN2C)cc1. The zero-order valence-corrected chi connectivity index (χ0v) is 13.2. The van der Waals surface area contributed by atoms with Crippen LogP contribution in [0.25, 0.3) is 0 Å². The van der Waals surface area contributed by atoms with Crippen LogP contribution in [-0.2, 0) is 4.79 Å². The van der Waals surface area contributed by atoms with Crippen LogP contribution in [0.15, 0.2) is 24.3 Å². The van der Waals surface area contributed by atoms with Gasteiger partial charge in [-0.3, -0.25) is 9.69 Å². The Bertz CT molecular complexity index is 474. The highest BCUT2D eigenvalue weighted by atomic mass is 16.2. The van der Waals surface area contributed by atoms with Gasteiger partial charge < -0.3 is 16.0 Å². The van der Waals surface area contributed by atoms with Crippen LogP contribution < -0.4 is 11.1 Å². The molecule has 0 bridgehead atoms. The van der Waals surface area contributed by atoms with E-state index in [9.17, 15) is 4.79 Å². The zero-order chi connectivity index (χ0) is 15.4. The van der Waals surface area contributed by atoms with Gasteiger partial charge in [-0.15, -0.1) is 0 Å². The lowest BCUT2D eigenvalue weighted by atomic mass is 10.1. The number of hydrogen-bond donors (Lipinski definition) is 2. The highest BCUT2D eigenvalue weighted by molar-refractivity contribution is 5.82. The summed E-state index contributed by atoms with van der Waals surface area (Å²) in [6, 6.07) is 7.54. The normalized spacial score (nSPS) is 22.0. The molecule has 0 aliphatic carbocycles. The average Bonchev–Trinajstić information content (AvgIpc) is 2.48. The summed E-state index contributed by atoms with van der Waals surface area (Å²) in [7, 11) is 4.21. The van der Waals surface area contributed by atoms with E-state index in [-0.39, 0.29) is 5.91 Å². The van der Waals surface area contributed by atoms with Crippen molar-refractivity contribution in [3.05, 3.63) is 35.4 Å². The molecule has 0 aromatic heterocycles. The van der Waals surface area contributed by atoms with E-state index in [1.165, 1.54) is 5.56 Å². The van der Waals surface area contributed by atoms with Crippen LogP contribution in [0, 0.1) is 6.92 Å². The average molecular weight is 290 g/mol. The second-order valence-corrected chi connectivity index (χ2v) is 6.03. The molecule has 3 N–H and O–H groups in total. The first kappa shape index (κ1) is 15.9. The van der Waals surface area contributed by atoms with Gasteiger partial charge in [0.2, 0.25) is 5.91 Å². The molecule has 1 aliphatic rings. The molecule has 2 rings (SSSR count). The van der Waals surface area contributed by atoms with E-state index >= 15 is 0 Å². The molecule has 0 radical (unpaired) electrons. The molecule has 1 aromatic rings. The van der Waals surface area contributed by atoms with Crippen LogP contribution >= 0.6 is 0 Å². The Balaban J connectivity index is 1.87. The molecule has 5 heteroatoms. The van der Waals surface area contributed by atoms with Crippen molar-refractivity contribution >= 4 is 5.91 Å². The maximum atomic E-state index is 12.2. The number of nitrogens with two attached hydrogens (primary N) is 1. The Kier molecular flexibility index (Phi) is 5.33. The first-order chi connectivity index (χ1) is 9.97. The van der Waals surface area contributed by atoms with Crippen LogP contribution in [0.1, 0.15) is 17.2 Å². The van der Waals surface area contributed by atoms with Gasteiger partial charge in [0.25, 0.3) is 0 Å². The molecule has 2 atom stereocenters. The number of nitrogens with zero attached hydrogens (tertiary/aromatic N) is 2. The molecule has 116 valence electrons. The molecule has 5 nitrogen and oxygen atoms in total. The Morgan fingerprint density at radius 2 is 2.00 bits per heavy atom. The number of rotatable bonds is 4. The second-order valence-electron chi connectivity index (χ2n) is 6.03. The maximum absolute atomic E-state index is 12.2. The molecule has 1 saturated heterocycles. The monoisotopic (exact) mass is 290 g/mol. The summed E-state index contributed by atoms with van der Waals surface area (Å²) in [5, 5.41) is 2.98. The third-order valence-electron chi connectivity index (χ3n) is 4.21. The van der Waals surface area contributed by atoms with E-state index < -0.39 is 6.04 Å². The number of hydrogen-bond acceptors (Lipinski definition) is 4. The van der Waals surface area contributed by atoms with Crippen molar-refractivity contribution in [2.75, 3.05) is 40.3 Å². The van der Waals surface area contributed by atoms with E-state index in [1.807, 2.05) is 31.2 Å². The van der Waals surface area contributed by atoms with Crippen molar-refractivity contribution in [3.8, 4) is 0 Å². The molecule has 2 unspecified atom stereocenters. The van der Waals surface area contributed by atoms with Gasteiger partial charge in [0.1, 0.15) is 6.04 Å². The molecule has 0 saturated carbocycles. The number of piperazine rings is 1. The molecule has 1 heterocycles. The number of benzene rings is 1. The largest absolute Gasteiger partial charge is 0.353 e. The summed E-state index contributed by atoms with van der Waals surface area (Å²) in [5.41, 5.74) is 8.05. The second kappa shape index (κ2) is 7.02. The van der Waals surface area contributed by atoms with Crippen molar-refractivity contribution in [1.29, 1.82) is 0 Å². The Labute approximate surface area is 127 Å². The first-order valence-corrected chi connectivity index (χ1v) is 7.46. The lowest BCUT2D eigenvalue weighted by Crippen LogP contribution is -2.54. The molecule has 1 fully saturated rings. The fourth-order valence-electron chi connectivity index (χ4n) is 2.58. The molecule has 1 aromatic carbocycles. The Morgan fingerprint density at radius 1 is 1.33 bits per heavy atom. The summed E-state index contributed by atoms with van der Waals surface area (Å²) in [6.45, 7) is 5.73. The van der Waals surface area contributed by atoms with Gasteiger partial charge >= 0.3 is 0 Å². The number of nitrogens with one attached hydrogen (secondary N) is 1. The van der Waals surface area contributed by atoms with Crippen molar-refractivity contribution < 1.29 is 4.79 Å². The van der Waals surface area contributed by atoms with Crippen LogP contribution in [0.3, 0.4) is 0 Å². The highest BCUT2D eigenvalue weighted by Gasteiger charge is 2.23. The zero-order valence-electron chi connectivity index (χ0n) is 13.2. The van der Waals surface area contributed by atoms with E-state index in [0.29, 0.717) is 12.6 Å². The predicted molar refractivity (Wildman–Crippen MR) is 85.0 cm³/mol. The fraction of sp³-hybridized carbons (Fsp3) is 0.562. The van der Waals surface area contributed by atoms with Gasteiger partial charge in [0.15, 0.2) is 0 Å². The minimum atomic E-state index is -0.600. The molecule has 1 amide bonds. The van der Waals surface area contributed by atoms with Crippen LogP contribution in [0.5, 0.6) is 0 Å². The van der Waals surface area contributed by atoms with Gasteiger partial charge in [0.05, 0.1) is 0 Å². The molecule has 21 heavy (non-hydrogen) atoms. The number of amides is 1. The first-order valence-electron chi connectivity index (χ1n) is 7.46. The van der Waals surface area contributed by atoms with Crippen LogP contribution in [0.4, 0.5) is 0 Å². The Hall–Kier alpha value is -1.43. The topological polar surface area (TPSA) is 61.6 Å². The van der Waals surface area contributed by atoms with Crippen LogP contribution in [0.2, 0.25) is 0 Å². The van der Waals surface area contributed by atoms with Crippen LogP contribution in [-0.4, -0.2) is 62.0 Å². The summed E-state index contributed by atoms with van der Waals surface area (Å²) < 4.78 is 0. The van der Waals surface area contributed by atoms with Crippen molar-refractivity contribution in [2.24, 2.45) is 5.73 Å². The minimum absolute atomic E-state index is 0.111. The van der Waals surface area contributed by atoms with Crippen molar-refractivity contribution in [2.45, 2.75) is 19.0 Å². The molecular weight excluding hydrogens is 264 g/mol. The summed E-state index contributed by atoms with van der Waals surface area (Å²) in [6.07, 6.45) is 0. The quantitative estimate of drug-likeness (QED) is 0.840. The molecule has 1 aliphatic heterocycles. The number of aryl methyl sites for hydroxylation is 1. The van der Waals surface area contributed by atoms with E-state index in [0.717, 1.165) is 25.2 Å². The number of likely N-dealkylation sites (N-methyl/N-ethyl adjacent to an activating group) is 2. The number of carbonyl (C=O) groups is 1. The smallest absolute Gasteiger partial charge is 0.241 e. The van der Waals surface area contributed by atoms with Gasteiger partial charge in [0, 0.05) is 32.2 Å². The van der Waals surface area contributed by atoms with E-state index in [1.54, 1.807) is 0 Å². The Morgan fingerprint density at radius 3 is 2.67 bits per heavy atom. The van der Waals surface area contributed by atoms with E-state index in [2.05, 4.69) is 29.2 Å². The maximum Gasteiger partial charge on any atom is 0.241 e. The third kappa shape index (κ3) is 4.27. The summed E-state index contributed by atoms with van der Waals surface area (Å²) in [4.78, 5) is 16.8. The van der Waals surface area contributed by atoms with E-state index in [4.69, 9.17) is 5.73 Å². The standard InChI is InChI=1S/C16H26N4O/c1-12-4-6-13(7-5-12)15(17)16(21)18-10-14-11-19(2)8-9-20(14)3/h4-7,14-15H,8-11,17H2,1-3H3,(H,18,21). The lowest BCUT2D eigenvalue weighted by molar-refractivity contribution is -0.122. The summed E-state index contributed by atoms with van der Waals surface area (Å²) in [5.74, 6) is -0.111. The van der Waals surface area contributed by atoms with Gasteiger partial charge in [-0.2, -0.15) is 0 Å². The molecule has 0 spiro atoms. The van der Waals surface area contributed by atoms with Crippen molar-refractivity contribution in [1.82, 2.24) is 15.1 Å². The number of carbonyl (C=O) groups excluding carboxylic acids is 1. The van der Waals surface area contributed by atoms with Gasteiger partial charge in [-0.1, -0.05) is 29.8 Å². The van der Waals surface area contributed by atoms with Gasteiger partial charge in [-0.05, 0) is 26.6 Å². The highest BCUT2D eigenvalue weighted by Crippen LogP contribution is 2.12. The lowest BCUT2D eigenvalue weighted by Gasteiger charge is -2.37. The third-order valence-corrected chi connectivity index (χ3v) is 4.21. The minimum Gasteiger partial charge on any atom is -0.353 e. The fourth-order valence-corrected chi connectivity index (χ4v) is 2.58. The van der Waals surface area contributed by atoms with Crippen molar-refractivity contribution in [3.63, 3.8) is 0 Å². The van der Waals surface area contributed by atoms with Gasteiger partial charge in [-0.25, -0.2) is 0 Å². The summed E-state index contributed by atoms with van der Waals surface area (Å²) >= 11 is 0. The molecular formula is C16H26N4O.